The highest BCUT2D eigenvalue weighted by atomic mass is 31.1. The average Bonchev–Trinajstić information content (AvgIpc) is 2.90. The fraction of sp³-hybridized carbons (Fsp3) is 0.353. The van der Waals surface area contributed by atoms with Crippen LogP contribution in [0.3, 0.4) is 0 Å². The molecule has 3 rings (SSSR count). The number of ether oxygens (including phenoxy) is 1. The molecule has 0 spiro atoms. The number of aliphatic hydroxyl groups is 1. The SMILES string of the molecule is C[C@@H](O)[C@H]1C(=O)N2C(C(=O)OC(=O)c3ccc([N+](=O)[O-])cc3)=C(OP=O)[C@H](C)[C@H]12. The van der Waals surface area contributed by atoms with Crippen LogP contribution in [-0.2, 0) is 23.4 Å². The smallest absolute Gasteiger partial charge is 0.395 e. The summed E-state index contributed by atoms with van der Waals surface area (Å²) in [4.78, 5) is 48.3. The fourth-order valence-electron chi connectivity index (χ4n) is 3.58. The molecule has 29 heavy (non-hydrogen) atoms. The van der Waals surface area contributed by atoms with Gasteiger partial charge >= 0.3 is 20.6 Å². The zero-order valence-electron chi connectivity index (χ0n) is 15.2. The molecule has 1 aromatic carbocycles. The zero-order valence-corrected chi connectivity index (χ0v) is 16.1. The highest BCUT2D eigenvalue weighted by Gasteiger charge is 2.61. The summed E-state index contributed by atoms with van der Waals surface area (Å²) in [5.74, 6) is -4.27. The lowest BCUT2D eigenvalue weighted by Gasteiger charge is -2.46. The minimum atomic E-state index is -1.20. The molecule has 1 N–H and O–H groups in total. The van der Waals surface area contributed by atoms with Crippen LogP contribution in [0.15, 0.2) is 35.7 Å². The Labute approximate surface area is 165 Å². The van der Waals surface area contributed by atoms with Crippen molar-refractivity contribution in [1.29, 1.82) is 0 Å². The maximum Gasteiger partial charge on any atom is 0.395 e. The maximum absolute atomic E-state index is 12.6. The van der Waals surface area contributed by atoms with E-state index >= 15 is 0 Å². The van der Waals surface area contributed by atoms with Gasteiger partial charge in [0.15, 0.2) is 5.70 Å². The van der Waals surface area contributed by atoms with E-state index in [-0.39, 0.29) is 22.7 Å². The van der Waals surface area contributed by atoms with Crippen molar-refractivity contribution in [2.45, 2.75) is 26.0 Å². The number of hydrogen-bond donors (Lipinski definition) is 1. The summed E-state index contributed by atoms with van der Waals surface area (Å²) in [6.07, 6.45) is -0.977. The summed E-state index contributed by atoms with van der Waals surface area (Å²) in [5.41, 5.74) is -0.722. The number of amides is 1. The van der Waals surface area contributed by atoms with Gasteiger partial charge in [-0.05, 0) is 19.1 Å². The molecule has 0 saturated carbocycles. The maximum atomic E-state index is 12.6. The molecule has 1 fully saturated rings. The summed E-state index contributed by atoms with van der Waals surface area (Å²) in [6, 6.07) is 3.79. The number of rotatable bonds is 6. The molecule has 0 radical (unpaired) electrons. The van der Waals surface area contributed by atoms with Gasteiger partial charge in [0.05, 0.1) is 28.6 Å². The Morgan fingerprint density at radius 1 is 1.28 bits per heavy atom. The fourth-order valence-corrected chi connectivity index (χ4v) is 3.92. The molecule has 1 amide bonds. The summed E-state index contributed by atoms with van der Waals surface area (Å²) in [6.45, 7) is 3.06. The molecule has 1 saturated heterocycles. The number of benzene rings is 1. The number of non-ortho nitro benzene ring substituents is 1. The first kappa shape index (κ1) is 20.6. The molecule has 12 heteroatoms. The van der Waals surface area contributed by atoms with Gasteiger partial charge in [-0.3, -0.25) is 19.8 Å². The number of nitrogens with zero attached hydrogens (tertiary/aromatic N) is 2. The number of carbonyl (C=O) groups excluding carboxylic acids is 3. The summed E-state index contributed by atoms with van der Waals surface area (Å²) >= 11 is 0. The first-order valence-electron chi connectivity index (χ1n) is 8.45. The lowest BCUT2D eigenvalue weighted by Crippen LogP contribution is -2.63. The number of β-lactam (4-membered cyclic amide) rings is 1. The van der Waals surface area contributed by atoms with Crippen molar-refractivity contribution >= 4 is 32.2 Å². The number of esters is 2. The van der Waals surface area contributed by atoms with Gasteiger partial charge in [0.25, 0.3) is 5.69 Å². The van der Waals surface area contributed by atoms with Crippen LogP contribution in [0.2, 0.25) is 0 Å². The second kappa shape index (κ2) is 7.69. The van der Waals surface area contributed by atoms with Crippen molar-refractivity contribution in [3.63, 3.8) is 0 Å². The van der Waals surface area contributed by atoms with Gasteiger partial charge in [-0.25, -0.2) is 14.2 Å². The van der Waals surface area contributed by atoms with Gasteiger partial charge < -0.3 is 14.4 Å². The molecule has 1 aromatic rings. The molecule has 2 heterocycles. The van der Waals surface area contributed by atoms with Crippen LogP contribution in [0.1, 0.15) is 24.2 Å². The van der Waals surface area contributed by atoms with Crippen molar-refractivity contribution in [2.24, 2.45) is 11.8 Å². The van der Waals surface area contributed by atoms with E-state index in [1.54, 1.807) is 6.92 Å². The standard InChI is InChI=1S/C17H15N2O9P/c1-7-12-11(8(2)20)15(21)18(12)13(14(7)28-29-26)17(23)27-16(22)9-3-5-10(6-4-9)19(24)25/h3-8,11-12,20H,1-2H3/t7-,8-,11-,12-/m1/s1. The highest BCUT2D eigenvalue weighted by Crippen LogP contribution is 2.48. The number of aliphatic hydroxyl groups excluding tert-OH is 1. The molecule has 152 valence electrons. The zero-order chi connectivity index (χ0) is 21.5. The van der Waals surface area contributed by atoms with Gasteiger partial charge in [-0.15, -0.1) is 0 Å². The van der Waals surface area contributed by atoms with Crippen LogP contribution in [0.5, 0.6) is 0 Å². The Morgan fingerprint density at radius 3 is 2.41 bits per heavy atom. The van der Waals surface area contributed by atoms with Crippen LogP contribution in [-0.4, -0.2) is 44.9 Å². The third kappa shape index (κ3) is 3.39. The lowest BCUT2D eigenvalue weighted by atomic mass is 9.79. The average molecular weight is 422 g/mol. The van der Waals surface area contributed by atoms with Crippen molar-refractivity contribution in [3.05, 3.63) is 51.4 Å². The van der Waals surface area contributed by atoms with E-state index in [1.165, 1.54) is 6.92 Å². The molecule has 4 atom stereocenters. The molecular weight excluding hydrogens is 407 g/mol. The largest absolute Gasteiger partial charge is 0.409 e. The topological polar surface area (TPSA) is 153 Å². The molecule has 0 aromatic heterocycles. The molecular formula is C17H15N2O9P. The number of fused-ring (bicyclic) bond motifs is 1. The Hall–Kier alpha value is -3.17. The van der Waals surface area contributed by atoms with Crippen LogP contribution in [0.4, 0.5) is 5.69 Å². The quantitative estimate of drug-likeness (QED) is 0.180. The monoisotopic (exact) mass is 422 g/mol. The van der Waals surface area contributed by atoms with Crippen LogP contribution < -0.4 is 0 Å². The minimum absolute atomic E-state index is 0.0929. The van der Waals surface area contributed by atoms with Crippen LogP contribution in [0.25, 0.3) is 0 Å². The molecule has 0 unspecified atom stereocenters. The Balaban J connectivity index is 1.84. The lowest BCUT2D eigenvalue weighted by molar-refractivity contribution is -0.384. The van der Waals surface area contributed by atoms with E-state index in [0.29, 0.717) is 0 Å². The molecule has 0 aliphatic carbocycles. The normalized spacial score (nSPS) is 24.0. The summed E-state index contributed by atoms with van der Waals surface area (Å²) in [7, 11) is -0.768. The first-order valence-corrected chi connectivity index (χ1v) is 9.18. The van der Waals surface area contributed by atoms with Gasteiger partial charge in [-0.2, -0.15) is 0 Å². The first-order chi connectivity index (χ1) is 13.7. The second-order valence-electron chi connectivity index (χ2n) is 6.61. The van der Waals surface area contributed by atoms with Gasteiger partial charge in [0.1, 0.15) is 5.76 Å². The minimum Gasteiger partial charge on any atom is -0.409 e. The van der Waals surface area contributed by atoms with E-state index in [1.807, 2.05) is 0 Å². The van der Waals surface area contributed by atoms with Crippen molar-refractivity contribution in [2.75, 3.05) is 0 Å². The molecule has 2 aliphatic rings. The summed E-state index contributed by atoms with van der Waals surface area (Å²) < 4.78 is 20.7. The third-order valence-electron chi connectivity index (χ3n) is 4.94. The van der Waals surface area contributed by atoms with Gasteiger partial charge in [0, 0.05) is 18.1 Å². The van der Waals surface area contributed by atoms with Gasteiger partial charge in [-0.1, -0.05) is 6.92 Å². The Morgan fingerprint density at radius 2 is 1.90 bits per heavy atom. The predicted molar refractivity (Wildman–Crippen MR) is 94.2 cm³/mol. The predicted octanol–water partition coefficient (Wildman–Crippen LogP) is 1.57. The van der Waals surface area contributed by atoms with E-state index in [4.69, 9.17) is 9.26 Å². The van der Waals surface area contributed by atoms with Crippen molar-refractivity contribution in [3.8, 4) is 0 Å². The number of nitro benzene ring substituents is 1. The van der Waals surface area contributed by atoms with E-state index in [9.17, 15) is 34.2 Å². The highest BCUT2D eigenvalue weighted by molar-refractivity contribution is 7.17. The molecule has 11 nitrogen and oxygen atoms in total. The number of hydrogen-bond acceptors (Lipinski definition) is 9. The van der Waals surface area contributed by atoms with E-state index < -0.39 is 55.4 Å². The number of nitro groups is 1. The third-order valence-corrected chi connectivity index (χ3v) is 5.21. The van der Waals surface area contributed by atoms with Crippen molar-refractivity contribution < 1.29 is 38.2 Å². The Bertz CT molecular complexity index is 941. The van der Waals surface area contributed by atoms with Gasteiger partial charge in [0.2, 0.25) is 5.91 Å². The van der Waals surface area contributed by atoms with Crippen LogP contribution in [0, 0.1) is 22.0 Å². The second-order valence-corrected chi connectivity index (χ2v) is 6.95. The number of carbonyl (C=O) groups is 3. The molecule has 0 bridgehead atoms. The van der Waals surface area contributed by atoms with Crippen molar-refractivity contribution in [1.82, 2.24) is 4.90 Å². The van der Waals surface area contributed by atoms with E-state index in [2.05, 4.69) is 0 Å². The molecule has 2 aliphatic heterocycles. The van der Waals surface area contributed by atoms with Crippen LogP contribution >= 0.6 is 8.69 Å². The van der Waals surface area contributed by atoms with E-state index in [0.717, 1.165) is 29.2 Å². The Kier molecular flexibility index (Phi) is 5.45. The summed E-state index contributed by atoms with van der Waals surface area (Å²) in [5, 5.41) is 20.5.